The van der Waals surface area contributed by atoms with Gasteiger partial charge < -0.3 is 11.1 Å². The van der Waals surface area contributed by atoms with Gasteiger partial charge in [0.1, 0.15) is 0 Å². The van der Waals surface area contributed by atoms with Crippen LogP contribution >= 0.6 is 0 Å². The second-order valence-corrected chi connectivity index (χ2v) is 8.34. The number of rotatable bonds is 3. The summed E-state index contributed by atoms with van der Waals surface area (Å²) in [6.45, 7) is 0. The summed E-state index contributed by atoms with van der Waals surface area (Å²) in [6, 6.07) is 3.92. The van der Waals surface area contributed by atoms with Crippen LogP contribution in [0.2, 0.25) is 0 Å². The fourth-order valence-electron chi connectivity index (χ4n) is 3.83. The summed E-state index contributed by atoms with van der Waals surface area (Å²) in [6.07, 6.45) is 2.80. The number of halogens is 3. The summed E-state index contributed by atoms with van der Waals surface area (Å²) < 4.78 is 60.8. The standard InChI is InChI=1S/C15H17F3N2O3S/c16-15(17,18)24(22,23)11-3-1-2-10(7-11)20-14(21)12-8-4-5-9(6-8)13(12)19/h1-3,7-9,12-13H,4-6,19H2,(H,20,21)/t8-,9+,12+,13-/m1/s1. The normalized spacial score (nSPS) is 29.7. The largest absolute Gasteiger partial charge is 0.501 e. The molecule has 1 aromatic rings. The third-order valence-corrected chi connectivity index (χ3v) is 6.48. The summed E-state index contributed by atoms with van der Waals surface area (Å²) in [5.41, 5.74) is 0.697. The van der Waals surface area contributed by atoms with Gasteiger partial charge in [-0.15, -0.1) is 0 Å². The number of nitrogens with two attached hydrogens (primary N) is 1. The van der Waals surface area contributed by atoms with E-state index in [0.717, 1.165) is 37.5 Å². The highest BCUT2D eigenvalue weighted by Gasteiger charge is 2.49. The topological polar surface area (TPSA) is 89.3 Å². The fourth-order valence-corrected chi connectivity index (χ4v) is 4.63. The molecule has 2 aliphatic rings. The monoisotopic (exact) mass is 362 g/mol. The van der Waals surface area contributed by atoms with Crippen molar-refractivity contribution in [1.82, 2.24) is 0 Å². The number of anilines is 1. The van der Waals surface area contributed by atoms with E-state index in [1.165, 1.54) is 6.07 Å². The van der Waals surface area contributed by atoms with Crippen LogP contribution in [0, 0.1) is 17.8 Å². The van der Waals surface area contributed by atoms with Crippen LogP contribution in [0.5, 0.6) is 0 Å². The lowest BCUT2D eigenvalue weighted by atomic mass is 9.84. The van der Waals surface area contributed by atoms with Crippen LogP contribution in [0.15, 0.2) is 29.2 Å². The lowest BCUT2D eigenvalue weighted by Gasteiger charge is -2.27. The highest BCUT2D eigenvalue weighted by molar-refractivity contribution is 7.92. The maximum absolute atomic E-state index is 12.6. The molecule has 5 nitrogen and oxygen atoms in total. The average Bonchev–Trinajstić information content (AvgIpc) is 3.07. The van der Waals surface area contributed by atoms with E-state index in [-0.39, 0.29) is 29.5 Å². The van der Waals surface area contributed by atoms with Gasteiger partial charge in [0, 0.05) is 11.7 Å². The summed E-state index contributed by atoms with van der Waals surface area (Å²) in [5, 5.41) is 2.51. The molecule has 0 aliphatic heterocycles. The van der Waals surface area contributed by atoms with Gasteiger partial charge in [-0.25, -0.2) is 8.42 Å². The number of fused-ring (bicyclic) bond motifs is 2. The summed E-state index contributed by atoms with van der Waals surface area (Å²) in [5.74, 6) is -0.252. The van der Waals surface area contributed by atoms with Crippen molar-refractivity contribution in [2.24, 2.45) is 23.5 Å². The van der Waals surface area contributed by atoms with E-state index < -0.39 is 20.2 Å². The van der Waals surface area contributed by atoms with E-state index in [1.54, 1.807) is 0 Å². The number of amides is 1. The van der Waals surface area contributed by atoms with Crippen LogP contribution in [0.4, 0.5) is 18.9 Å². The Kier molecular flexibility index (Phi) is 4.11. The molecule has 1 amide bonds. The molecule has 2 fully saturated rings. The molecule has 132 valence electrons. The first-order chi connectivity index (χ1) is 11.1. The second-order valence-electron chi connectivity index (χ2n) is 6.40. The SMILES string of the molecule is N[C@@H]1[C@H]2CC[C@H](C2)[C@@H]1C(=O)Nc1cccc(S(=O)(=O)C(F)(F)F)c1. The van der Waals surface area contributed by atoms with Crippen molar-refractivity contribution in [2.45, 2.75) is 35.7 Å². The van der Waals surface area contributed by atoms with Gasteiger partial charge in [0.15, 0.2) is 0 Å². The number of hydrogen-bond donors (Lipinski definition) is 2. The average molecular weight is 362 g/mol. The maximum atomic E-state index is 12.6. The van der Waals surface area contributed by atoms with E-state index in [9.17, 15) is 26.4 Å². The maximum Gasteiger partial charge on any atom is 0.501 e. The zero-order chi connectivity index (χ0) is 17.7. The van der Waals surface area contributed by atoms with Crippen LogP contribution in [0.1, 0.15) is 19.3 Å². The van der Waals surface area contributed by atoms with E-state index in [4.69, 9.17) is 5.73 Å². The second kappa shape index (κ2) is 5.73. The van der Waals surface area contributed by atoms with E-state index in [2.05, 4.69) is 5.32 Å². The van der Waals surface area contributed by atoms with Gasteiger partial charge in [-0.3, -0.25) is 4.79 Å². The smallest absolute Gasteiger partial charge is 0.327 e. The minimum absolute atomic E-state index is 0.0142. The Morgan fingerprint density at radius 2 is 1.88 bits per heavy atom. The van der Waals surface area contributed by atoms with Crippen LogP contribution < -0.4 is 11.1 Å². The van der Waals surface area contributed by atoms with Crippen molar-refractivity contribution in [2.75, 3.05) is 5.32 Å². The molecule has 4 atom stereocenters. The molecule has 0 unspecified atom stereocenters. The number of carbonyl (C=O) groups is 1. The number of benzene rings is 1. The number of carbonyl (C=O) groups excluding carboxylic acids is 1. The molecule has 2 saturated carbocycles. The molecule has 0 heterocycles. The third-order valence-electron chi connectivity index (χ3n) is 5.00. The number of nitrogens with one attached hydrogen (secondary N) is 1. The van der Waals surface area contributed by atoms with Gasteiger partial charge in [0.05, 0.1) is 10.8 Å². The van der Waals surface area contributed by atoms with E-state index in [1.807, 2.05) is 0 Å². The van der Waals surface area contributed by atoms with Gasteiger partial charge in [0.25, 0.3) is 9.84 Å². The molecule has 3 rings (SSSR count). The molecule has 3 N–H and O–H groups in total. The van der Waals surface area contributed by atoms with Crippen molar-refractivity contribution in [1.29, 1.82) is 0 Å². The minimum atomic E-state index is -5.45. The zero-order valence-corrected chi connectivity index (χ0v) is 13.4. The number of sulfone groups is 1. The highest BCUT2D eigenvalue weighted by Crippen LogP contribution is 2.48. The first kappa shape index (κ1) is 17.2. The summed E-state index contributed by atoms with van der Waals surface area (Å²) in [4.78, 5) is 11.5. The first-order valence-electron chi connectivity index (χ1n) is 7.59. The Hall–Kier alpha value is -1.61. The zero-order valence-electron chi connectivity index (χ0n) is 12.6. The van der Waals surface area contributed by atoms with Crippen molar-refractivity contribution >= 4 is 21.4 Å². The van der Waals surface area contributed by atoms with Crippen LogP contribution in [0.3, 0.4) is 0 Å². The summed E-state index contributed by atoms with van der Waals surface area (Å²) >= 11 is 0. The van der Waals surface area contributed by atoms with Gasteiger partial charge >= 0.3 is 5.51 Å². The summed E-state index contributed by atoms with van der Waals surface area (Å²) in [7, 11) is -5.45. The predicted molar refractivity (Wildman–Crippen MR) is 80.6 cm³/mol. The molecule has 1 aromatic carbocycles. The lowest BCUT2D eigenvalue weighted by Crippen LogP contribution is -2.42. The number of alkyl halides is 3. The highest BCUT2D eigenvalue weighted by atomic mass is 32.2. The molecule has 2 bridgehead atoms. The third kappa shape index (κ3) is 2.79. The van der Waals surface area contributed by atoms with Crippen molar-refractivity contribution in [3.63, 3.8) is 0 Å². The quantitative estimate of drug-likeness (QED) is 0.863. The van der Waals surface area contributed by atoms with Crippen LogP contribution in [-0.4, -0.2) is 25.9 Å². The van der Waals surface area contributed by atoms with Gasteiger partial charge in [-0.05, 0) is 49.3 Å². The fraction of sp³-hybridized carbons (Fsp3) is 0.533. The van der Waals surface area contributed by atoms with Crippen molar-refractivity contribution < 1.29 is 26.4 Å². The molecule has 0 saturated heterocycles. The Labute approximate surface area is 137 Å². The molecular weight excluding hydrogens is 345 g/mol. The van der Waals surface area contributed by atoms with Gasteiger partial charge in [-0.1, -0.05) is 6.07 Å². The molecule has 9 heteroatoms. The predicted octanol–water partition coefficient (Wildman–Crippen LogP) is 2.29. The molecule has 0 spiro atoms. The van der Waals surface area contributed by atoms with Gasteiger partial charge in [0.2, 0.25) is 5.91 Å². The van der Waals surface area contributed by atoms with Gasteiger partial charge in [-0.2, -0.15) is 13.2 Å². The Balaban J connectivity index is 1.80. The van der Waals surface area contributed by atoms with E-state index >= 15 is 0 Å². The van der Waals surface area contributed by atoms with Crippen LogP contribution in [-0.2, 0) is 14.6 Å². The van der Waals surface area contributed by atoms with Crippen molar-refractivity contribution in [3.8, 4) is 0 Å². The first-order valence-corrected chi connectivity index (χ1v) is 9.07. The van der Waals surface area contributed by atoms with E-state index in [0.29, 0.717) is 5.92 Å². The molecule has 0 radical (unpaired) electrons. The minimum Gasteiger partial charge on any atom is -0.327 e. The molecule has 24 heavy (non-hydrogen) atoms. The lowest BCUT2D eigenvalue weighted by molar-refractivity contribution is -0.121. The molecule has 2 aliphatic carbocycles. The van der Waals surface area contributed by atoms with Crippen LogP contribution in [0.25, 0.3) is 0 Å². The Morgan fingerprint density at radius 1 is 1.21 bits per heavy atom. The Bertz CT molecular complexity index is 761. The molecule has 0 aromatic heterocycles. The van der Waals surface area contributed by atoms with Crippen molar-refractivity contribution in [3.05, 3.63) is 24.3 Å². The molecular formula is C15H17F3N2O3S. The Morgan fingerprint density at radius 3 is 2.46 bits per heavy atom. The number of hydrogen-bond acceptors (Lipinski definition) is 4.